The summed E-state index contributed by atoms with van der Waals surface area (Å²) in [5, 5.41) is 13.0. The minimum atomic E-state index is -0.0705. The lowest BCUT2D eigenvalue weighted by Gasteiger charge is -2.13. The monoisotopic (exact) mass is 217 g/mol. The highest BCUT2D eigenvalue weighted by Gasteiger charge is 2.58. The van der Waals surface area contributed by atoms with Crippen LogP contribution in [0.1, 0.15) is 29.3 Å². The summed E-state index contributed by atoms with van der Waals surface area (Å²) in [4.78, 5) is 11.4. The van der Waals surface area contributed by atoms with E-state index in [0.717, 1.165) is 19.0 Å². The topological polar surface area (TPSA) is 49.3 Å². The number of piperidine rings is 1. The fourth-order valence-corrected chi connectivity index (χ4v) is 2.92. The number of nitrogens with one attached hydrogen (secondary N) is 1. The van der Waals surface area contributed by atoms with Crippen molar-refractivity contribution in [3.8, 4) is 5.75 Å². The van der Waals surface area contributed by atoms with Gasteiger partial charge in [-0.2, -0.15) is 0 Å². The third-order valence-electron chi connectivity index (χ3n) is 4.01. The number of Topliss-reactive ketones (excluding diaryl/α,β-unsaturated/α-hetero) is 1. The maximum Gasteiger partial charge on any atom is 0.163 e. The Morgan fingerprint density at radius 2 is 2.38 bits per heavy atom. The molecule has 1 aromatic carbocycles. The van der Waals surface area contributed by atoms with E-state index in [1.807, 2.05) is 12.1 Å². The van der Waals surface area contributed by atoms with Crippen LogP contribution in [0.25, 0.3) is 0 Å². The minimum absolute atomic E-state index is 0.0705. The Bertz CT molecular complexity index is 469. The molecular weight excluding hydrogens is 202 g/mol. The van der Waals surface area contributed by atoms with Crippen LogP contribution in [0.3, 0.4) is 0 Å². The first-order valence-corrected chi connectivity index (χ1v) is 5.69. The van der Waals surface area contributed by atoms with Gasteiger partial charge < -0.3 is 10.4 Å². The van der Waals surface area contributed by atoms with Crippen molar-refractivity contribution in [2.24, 2.45) is 5.92 Å². The maximum atomic E-state index is 11.4. The Morgan fingerprint density at radius 1 is 1.56 bits per heavy atom. The van der Waals surface area contributed by atoms with Gasteiger partial charge in [-0.15, -0.1) is 0 Å². The third kappa shape index (κ3) is 1.21. The summed E-state index contributed by atoms with van der Waals surface area (Å²) in [6.07, 6.45) is 1.21. The molecule has 2 atom stereocenters. The zero-order chi connectivity index (χ0) is 11.3. The quantitative estimate of drug-likeness (QED) is 0.737. The zero-order valence-corrected chi connectivity index (χ0v) is 9.29. The SMILES string of the molecule is CC(=O)c1cc([C@@]23CNC[C@@H]2C3)ccc1O. The summed E-state index contributed by atoms with van der Waals surface area (Å²) in [6, 6.07) is 5.47. The van der Waals surface area contributed by atoms with Gasteiger partial charge in [-0.1, -0.05) is 6.07 Å². The first-order chi connectivity index (χ1) is 7.63. The van der Waals surface area contributed by atoms with Gasteiger partial charge in [0, 0.05) is 12.0 Å². The van der Waals surface area contributed by atoms with Crippen molar-refractivity contribution >= 4 is 5.78 Å². The van der Waals surface area contributed by atoms with E-state index in [1.54, 1.807) is 6.07 Å². The molecule has 16 heavy (non-hydrogen) atoms. The number of benzene rings is 1. The van der Waals surface area contributed by atoms with Crippen molar-refractivity contribution < 1.29 is 9.90 Å². The first kappa shape index (κ1) is 9.85. The van der Waals surface area contributed by atoms with Crippen LogP contribution in [0.2, 0.25) is 0 Å². The maximum absolute atomic E-state index is 11.4. The Balaban J connectivity index is 2.03. The Labute approximate surface area is 94.5 Å². The summed E-state index contributed by atoms with van der Waals surface area (Å²) in [5.74, 6) is 0.742. The van der Waals surface area contributed by atoms with Crippen molar-refractivity contribution in [2.75, 3.05) is 13.1 Å². The number of phenolic OH excluding ortho intramolecular Hbond substituents is 1. The Kier molecular flexibility index (Phi) is 1.89. The molecule has 0 bridgehead atoms. The molecule has 1 saturated heterocycles. The minimum Gasteiger partial charge on any atom is -0.507 e. The molecule has 1 aromatic rings. The molecule has 1 heterocycles. The van der Waals surface area contributed by atoms with E-state index in [4.69, 9.17) is 0 Å². The number of phenols is 1. The van der Waals surface area contributed by atoms with Gasteiger partial charge in [0.15, 0.2) is 5.78 Å². The van der Waals surface area contributed by atoms with Gasteiger partial charge in [0.1, 0.15) is 5.75 Å². The molecule has 2 N–H and O–H groups in total. The molecule has 0 radical (unpaired) electrons. The molecule has 0 amide bonds. The summed E-state index contributed by atoms with van der Waals surface area (Å²) >= 11 is 0. The van der Waals surface area contributed by atoms with Gasteiger partial charge in [0.25, 0.3) is 0 Å². The second-order valence-corrected chi connectivity index (χ2v) is 4.98. The van der Waals surface area contributed by atoms with Crippen molar-refractivity contribution in [2.45, 2.75) is 18.8 Å². The summed E-state index contributed by atoms with van der Waals surface area (Å²) in [7, 11) is 0. The summed E-state index contributed by atoms with van der Waals surface area (Å²) < 4.78 is 0. The van der Waals surface area contributed by atoms with Crippen molar-refractivity contribution in [3.05, 3.63) is 29.3 Å². The van der Waals surface area contributed by atoms with E-state index in [1.165, 1.54) is 18.9 Å². The van der Waals surface area contributed by atoms with E-state index < -0.39 is 0 Å². The van der Waals surface area contributed by atoms with E-state index in [0.29, 0.717) is 5.56 Å². The van der Waals surface area contributed by atoms with Crippen LogP contribution in [-0.2, 0) is 5.41 Å². The van der Waals surface area contributed by atoms with Crippen LogP contribution in [0.15, 0.2) is 18.2 Å². The van der Waals surface area contributed by atoms with E-state index in [9.17, 15) is 9.90 Å². The van der Waals surface area contributed by atoms with E-state index in [-0.39, 0.29) is 16.9 Å². The lowest BCUT2D eigenvalue weighted by atomic mass is 9.92. The molecular formula is C13H15NO2. The molecule has 2 fully saturated rings. The fourth-order valence-electron chi connectivity index (χ4n) is 2.92. The molecule has 0 spiro atoms. The highest BCUT2D eigenvalue weighted by Crippen LogP contribution is 2.56. The van der Waals surface area contributed by atoms with Gasteiger partial charge in [-0.25, -0.2) is 0 Å². The first-order valence-electron chi connectivity index (χ1n) is 5.69. The second-order valence-electron chi connectivity index (χ2n) is 4.98. The van der Waals surface area contributed by atoms with Crippen LogP contribution in [0, 0.1) is 5.92 Å². The number of fused-ring (bicyclic) bond motifs is 1. The lowest BCUT2D eigenvalue weighted by Crippen LogP contribution is -2.19. The van der Waals surface area contributed by atoms with Crippen LogP contribution >= 0.6 is 0 Å². The van der Waals surface area contributed by atoms with Crippen LogP contribution < -0.4 is 5.32 Å². The molecule has 1 aliphatic carbocycles. The molecule has 1 aliphatic heterocycles. The lowest BCUT2D eigenvalue weighted by molar-refractivity contribution is 0.101. The standard InChI is InChI=1S/C13H15NO2/c1-8(15)11-4-9(2-3-12(11)16)13-5-10(13)6-14-7-13/h2-4,10,14,16H,5-7H2,1H3/t10-,13+/m0/s1. The number of carbonyl (C=O) groups excluding carboxylic acids is 1. The molecule has 3 rings (SSSR count). The fraction of sp³-hybridized carbons (Fsp3) is 0.462. The molecule has 0 unspecified atom stereocenters. The van der Waals surface area contributed by atoms with Crippen LogP contribution in [0.4, 0.5) is 0 Å². The average molecular weight is 217 g/mol. The number of hydrogen-bond acceptors (Lipinski definition) is 3. The molecule has 84 valence electrons. The zero-order valence-electron chi connectivity index (χ0n) is 9.29. The largest absolute Gasteiger partial charge is 0.507 e. The van der Waals surface area contributed by atoms with Crippen LogP contribution in [-0.4, -0.2) is 24.0 Å². The number of aromatic hydroxyl groups is 1. The summed E-state index contributed by atoms with van der Waals surface area (Å²) in [6.45, 7) is 3.57. The predicted molar refractivity (Wildman–Crippen MR) is 60.8 cm³/mol. The predicted octanol–water partition coefficient (Wildman–Crippen LogP) is 1.46. The van der Waals surface area contributed by atoms with Crippen LogP contribution in [0.5, 0.6) is 5.75 Å². The van der Waals surface area contributed by atoms with Crippen molar-refractivity contribution in [1.82, 2.24) is 5.32 Å². The van der Waals surface area contributed by atoms with Gasteiger partial charge >= 0.3 is 0 Å². The molecule has 0 aromatic heterocycles. The van der Waals surface area contributed by atoms with E-state index in [2.05, 4.69) is 5.32 Å². The number of carbonyl (C=O) groups is 1. The molecule has 3 heteroatoms. The van der Waals surface area contributed by atoms with Gasteiger partial charge in [0.2, 0.25) is 0 Å². The number of ketones is 1. The van der Waals surface area contributed by atoms with Gasteiger partial charge in [0.05, 0.1) is 5.56 Å². The Morgan fingerprint density at radius 3 is 2.94 bits per heavy atom. The second kappa shape index (κ2) is 3.08. The number of rotatable bonds is 2. The smallest absolute Gasteiger partial charge is 0.163 e. The highest BCUT2D eigenvalue weighted by molar-refractivity contribution is 5.97. The van der Waals surface area contributed by atoms with Crippen molar-refractivity contribution in [1.29, 1.82) is 0 Å². The average Bonchev–Trinajstić information content (AvgIpc) is 2.82. The van der Waals surface area contributed by atoms with Gasteiger partial charge in [-0.05, 0) is 43.5 Å². The van der Waals surface area contributed by atoms with E-state index >= 15 is 0 Å². The number of hydrogen-bond donors (Lipinski definition) is 2. The summed E-state index contributed by atoms with van der Waals surface area (Å²) in [5.41, 5.74) is 1.90. The van der Waals surface area contributed by atoms with Crippen molar-refractivity contribution in [3.63, 3.8) is 0 Å². The molecule has 3 nitrogen and oxygen atoms in total. The van der Waals surface area contributed by atoms with Gasteiger partial charge in [-0.3, -0.25) is 4.79 Å². The Hall–Kier alpha value is -1.35. The normalized spacial score (nSPS) is 31.2. The highest BCUT2D eigenvalue weighted by atomic mass is 16.3. The molecule has 1 saturated carbocycles. The third-order valence-corrected chi connectivity index (χ3v) is 4.01. The molecule has 2 aliphatic rings.